The van der Waals surface area contributed by atoms with Crippen molar-refractivity contribution in [2.75, 3.05) is 42.0 Å². The number of phosphoric acid groups is 1. The van der Waals surface area contributed by atoms with E-state index in [-0.39, 0.29) is 0 Å². The van der Waals surface area contributed by atoms with E-state index in [9.17, 15) is 4.57 Å². The number of phosphoric ester groups is 1. The maximum absolute atomic E-state index is 10.7. The van der Waals surface area contributed by atoms with Crippen LogP contribution in [0.1, 0.15) is 45.4 Å². The minimum atomic E-state index is -3.16. The van der Waals surface area contributed by atoms with Crippen LogP contribution in [0.15, 0.2) is 0 Å². The normalized spacial score (nSPS) is 11.3. The van der Waals surface area contributed by atoms with Crippen molar-refractivity contribution in [3.05, 3.63) is 0 Å². The predicted molar refractivity (Wildman–Crippen MR) is 80.6 cm³/mol. The van der Waals surface area contributed by atoms with Gasteiger partial charge in [0.15, 0.2) is 0 Å². The van der Waals surface area contributed by atoms with Gasteiger partial charge in [-0.3, -0.25) is 13.6 Å². The maximum atomic E-state index is 10.7. The minimum Gasteiger partial charge on any atom is -0.309 e. The first-order valence-corrected chi connectivity index (χ1v) is 8.33. The van der Waals surface area contributed by atoms with Crippen LogP contribution in [0.2, 0.25) is 0 Å². The summed E-state index contributed by atoms with van der Waals surface area (Å²) in [6.07, 6.45) is 8.43. The third kappa shape index (κ3) is 16.0. The van der Waals surface area contributed by atoms with Gasteiger partial charge >= 0.3 is 7.82 Å². The molecule has 0 bridgehead atoms. The molecular weight excluding hydrogens is 265 g/mol. The van der Waals surface area contributed by atoms with Gasteiger partial charge in [-0.1, -0.05) is 39.0 Å². The molecule has 19 heavy (non-hydrogen) atoms. The van der Waals surface area contributed by atoms with E-state index in [4.69, 9.17) is 0 Å². The first-order valence-electron chi connectivity index (χ1n) is 6.87. The van der Waals surface area contributed by atoms with Crippen molar-refractivity contribution in [2.24, 2.45) is 0 Å². The van der Waals surface area contributed by atoms with Crippen molar-refractivity contribution >= 4 is 7.82 Å². The van der Waals surface area contributed by atoms with Crippen LogP contribution in [0.25, 0.3) is 0 Å². The lowest BCUT2D eigenvalue weighted by Gasteiger charge is -2.08. The minimum absolute atomic E-state index is 1.26. The molecule has 0 unspecified atom stereocenters. The molecule has 0 aliphatic heterocycles. The van der Waals surface area contributed by atoms with E-state index < -0.39 is 7.82 Å². The number of nitrogens with zero attached hydrogens (tertiary/aromatic N) is 1. The average Bonchev–Trinajstić information content (AvgIpc) is 2.42. The first-order chi connectivity index (χ1) is 8.95. The van der Waals surface area contributed by atoms with Crippen LogP contribution in [-0.2, 0) is 18.1 Å². The summed E-state index contributed by atoms with van der Waals surface area (Å²) in [5.41, 5.74) is 0. The average molecular weight is 297 g/mol. The van der Waals surface area contributed by atoms with E-state index in [1.807, 2.05) is 0 Å². The van der Waals surface area contributed by atoms with Gasteiger partial charge in [-0.05, 0) is 27.1 Å². The molecule has 0 aliphatic rings. The summed E-state index contributed by atoms with van der Waals surface area (Å²) < 4.78 is 23.7. The first kappa shape index (κ1) is 21.4. The Bertz CT molecular complexity index is 206. The Hall–Kier alpha value is 0.0700. The summed E-state index contributed by atoms with van der Waals surface area (Å²) in [5.74, 6) is 0. The number of rotatable bonds is 10. The smallest absolute Gasteiger partial charge is 0.309 e. The lowest BCUT2D eigenvalue weighted by Crippen LogP contribution is -2.12. The summed E-state index contributed by atoms with van der Waals surface area (Å²) in [6.45, 7) is 3.52. The van der Waals surface area contributed by atoms with Crippen LogP contribution >= 0.6 is 7.82 Å². The molecule has 0 saturated heterocycles. The van der Waals surface area contributed by atoms with E-state index in [2.05, 4.69) is 39.5 Å². The molecule has 0 amide bonds. The molecule has 6 heteroatoms. The van der Waals surface area contributed by atoms with Crippen LogP contribution < -0.4 is 0 Å². The lowest BCUT2D eigenvalue weighted by atomic mass is 10.1. The molecule has 0 spiro atoms. The monoisotopic (exact) mass is 297 g/mol. The summed E-state index contributed by atoms with van der Waals surface area (Å²) in [4.78, 5) is 2.26. The van der Waals surface area contributed by atoms with Crippen LogP contribution in [0.3, 0.4) is 0 Å². The Labute approximate surface area is 119 Å². The molecule has 0 rings (SSSR count). The highest BCUT2D eigenvalue weighted by atomic mass is 31.2. The van der Waals surface area contributed by atoms with Gasteiger partial charge in [0.1, 0.15) is 0 Å². The Balaban J connectivity index is 0. The van der Waals surface area contributed by atoms with Crippen molar-refractivity contribution in [3.63, 3.8) is 0 Å². The van der Waals surface area contributed by atoms with E-state index in [0.717, 1.165) is 0 Å². The number of hydrogen-bond acceptors (Lipinski definition) is 5. The number of unbranched alkanes of at least 4 members (excludes halogenated alkanes) is 5. The summed E-state index contributed by atoms with van der Waals surface area (Å²) in [7, 11) is 4.90. The van der Waals surface area contributed by atoms with E-state index in [1.165, 1.54) is 66.4 Å². The van der Waals surface area contributed by atoms with E-state index in [0.29, 0.717) is 0 Å². The van der Waals surface area contributed by atoms with Crippen molar-refractivity contribution in [1.82, 2.24) is 4.90 Å². The van der Waals surface area contributed by atoms with Gasteiger partial charge in [0.05, 0.1) is 0 Å². The summed E-state index contributed by atoms with van der Waals surface area (Å²) in [6, 6.07) is 0. The quantitative estimate of drug-likeness (QED) is 0.451. The van der Waals surface area contributed by atoms with Gasteiger partial charge in [0, 0.05) is 21.3 Å². The van der Waals surface area contributed by atoms with Gasteiger partial charge in [-0.25, -0.2) is 4.57 Å². The third-order valence-corrected chi connectivity index (χ3v) is 3.97. The molecule has 0 saturated carbocycles. The molecule has 0 aromatic carbocycles. The molecule has 0 aliphatic carbocycles. The van der Waals surface area contributed by atoms with Crippen molar-refractivity contribution < 1.29 is 18.1 Å². The molecule has 0 aromatic rings. The van der Waals surface area contributed by atoms with Crippen molar-refractivity contribution in [2.45, 2.75) is 45.4 Å². The second-order valence-electron chi connectivity index (χ2n) is 4.57. The second kappa shape index (κ2) is 14.5. The molecular formula is C13H32NO4P. The van der Waals surface area contributed by atoms with E-state index in [1.54, 1.807) is 0 Å². The Morgan fingerprint density at radius 2 is 1.26 bits per heavy atom. The molecule has 118 valence electrons. The lowest BCUT2D eigenvalue weighted by molar-refractivity contribution is 0.178. The van der Waals surface area contributed by atoms with Crippen LogP contribution in [-0.4, -0.2) is 46.9 Å². The fraction of sp³-hybridized carbons (Fsp3) is 1.00. The summed E-state index contributed by atoms with van der Waals surface area (Å²) in [5, 5.41) is 0. The standard InChI is InChI=1S/C10H23N.C3H9O4P/c1-4-5-6-7-8-9-10-11(2)3;1-5-8(4,6-2)7-3/h4-10H2,1-3H3;1-3H3. The highest BCUT2D eigenvalue weighted by molar-refractivity contribution is 7.48. The molecule has 0 radical (unpaired) electrons. The second-order valence-corrected chi connectivity index (χ2v) is 6.56. The number of hydrogen-bond donors (Lipinski definition) is 0. The molecule has 0 heterocycles. The molecule has 5 nitrogen and oxygen atoms in total. The zero-order valence-electron chi connectivity index (χ0n) is 13.5. The molecule has 0 fully saturated rings. The SMILES string of the molecule is CCCCCCCCN(C)C.COP(=O)(OC)OC. The topological polar surface area (TPSA) is 48.0 Å². The van der Waals surface area contributed by atoms with Gasteiger partial charge in [-0.15, -0.1) is 0 Å². The van der Waals surface area contributed by atoms with E-state index >= 15 is 0 Å². The van der Waals surface area contributed by atoms with Crippen LogP contribution in [0, 0.1) is 0 Å². The molecule has 0 atom stereocenters. The van der Waals surface area contributed by atoms with Crippen molar-refractivity contribution in [3.8, 4) is 0 Å². The van der Waals surface area contributed by atoms with Crippen molar-refractivity contribution in [1.29, 1.82) is 0 Å². The summed E-state index contributed by atoms with van der Waals surface area (Å²) >= 11 is 0. The molecule has 0 N–H and O–H groups in total. The third-order valence-electron chi connectivity index (χ3n) is 2.63. The highest BCUT2D eigenvalue weighted by Crippen LogP contribution is 2.46. The Kier molecular flexibility index (Phi) is 16.3. The Morgan fingerprint density at radius 3 is 1.58 bits per heavy atom. The van der Waals surface area contributed by atoms with Gasteiger partial charge in [0.25, 0.3) is 0 Å². The Morgan fingerprint density at radius 1 is 0.842 bits per heavy atom. The largest absolute Gasteiger partial charge is 0.473 e. The fourth-order valence-corrected chi connectivity index (χ4v) is 1.88. The zero-order valence-corrected chi connectivity index (χ0v) is 14.4. The predicted octanol–water partition coefficient (Wildman–Crippen LogP) is 3.94. The van der Waals surface area contributed by atoms with Crippen LogP contribution in [0.5, 0.6) is 0 Å². The zero-order chi connectivity index (χ0) is 15.1. The molecule has 0 aromatic heterocycles. The van der Waals surface area contributed by atoms with Gasteiger partial charge in [-0.2, -0.15) is 0 Å². The van der Waals surface area contributed by atoms with Crippen LogP contribution in [0.4, 0.5) is 0 Å². The maximum Gasteiger partial charge on any atom is 0.473 e. The van der Waals surface area contributed by atoms with Gasteiger partial charge in [0.2, 0.25) is 0 Å². The van der Waals surface area contributed by atoms with Gasteiger partial charge < -0.3 is 4.90 Å². The fourth-order valence-electron chi connectivity index (χ4n) is 1.43. The highest BCUT2D eigenvalue weighted by Gasteiger charge is 2.18.